The van der Waals surface area contributed by atoms with Gasteiger partial charge in [-0.15, -0.1) is 0 Å². The van der Waals surface area contributed by atoms with E-state index < -0.39 is 11.4 Å². The SMILES string of the molecule is CC(C)C(CCNC(=O)C1(C)COCC1N)CCC(=O)O. The Morgan fingerprint density at radius 1 is 1.43 bits per heavy atom. The van der Waals surface area contributed by atoms with E-state index in [1.807, 2.05) is 6.92 Å². The smallest absolute Gasteiger partial charge is 0.303 e. The van der Waals surface area contributed by atoms with E-state index in [-0.39, 0.29) is 18.4 Å². The fourth-order valence-corrected chi connectivity index (χ4v) is 2.62. The van der Waals surface area contributed by atoms with Gasteiger partial charge in [0, 0.05) is 19.0 Å². The summed E-state index contributed by atoms with van der Waals surface area (Å²) in [5.74, 6) is -0.156. The van der Waals surface area contributed by atoms with Crippen molar-refractivity contribution in [1.82, 2.24) is 5.32 Å². The maximum absolute atomic E-state index is 12.2. The van der Waals surface area contributed by atoms with Crippen LogP contribution in [0.1, 0.15) is 40.0 Å². The number of carbonyl (C=O) groups is 2. The predicted octanol–water partition coefficient (Wildman–Crippen LogP) is 0.994. The maximum atomic E-state index is 12.2. The molecule has 0 aromatic rings. The van der Waals surface area contributed by atoms with E-state index >= 15 is 0 Å². The summed E-state index contributed by atoms with van der Waals surface area (Å²) in [6.07, 6.45) is 1.60. The van der Waals surface area contributed by atoms with Crippen molar-refractivity contribution < 1.29 is 19.4 Å². The van der Waals surface area contributed by atoms with Gasteiger partial charge in [0.25, 0.3) is 0 Å². The maximum Gasteiger partial charge on any atom is 0.303 e. The van der Waals surface area contributed by atoms with Gasteiger partial charge in [-0.2, -0.15) is 0 Å². The third kappa shape index (κ3) is 4.97. The minimum atomic E-state index is -0.772. The van der Waals surface area contributed by atoms with Crippen LogP contribution in [0.3, 0.4) is 0 Å². The molecule has 21 heavy (non-hydrogen) atoms. The molecule has 122 valence electrons. The Hall–Kier alpha value is -1.14. The largest absolute Gasteiger partial charge is 0.481 e. The van der Waals surface area contributed by atoms with Crippen molar-refractivity contribution in [3.8, 4) is 0 Å². The van der Waals surface area contributed by atoms with Crippen molar-refractivity contribution >= 4 is 11.9 Å². The van der Waals surface area contributed by atoms with Crippen LogP contribution in [0.2, 0.25) is 0 Å². The molecule has 6 nitrogen and oxygen atoms in total. The highest BCUT2D eigenvalue weighted by Gasteiger charge is 2.44. The zero-order valence-corrected chi connectivity index (χ0v) is 13.2. The van der Waals surface area contributed by atoms with Crippen molar-refractivity contribution in [3.63, 3.8) is 0 Å². The number of ether oxygens (including phenoxy) is 1. The summed E-state index contributed by atoms with van der Waals surface area (Å²) in [7, 11) is 0. The Kier molecular flexibility index (Phi) is 6.61. The molecule has 1 rings (SSSR count). The zero-order valence-electron chi connectivity index (χ0n) is 13.2. The summed E-state index contributed by atoms with van der Waals surface area (Å²) in [4.78, 5) is 22.9. The van der Waals surface area contributed by atoms with Crippen LogP contribution in [0, 0.1) is 17.3 Å². The molecule has 0 bridgehead atoms. The molecule has 0 aromatic heterocycles. The summed E-state index contributed by atoms with van der Waals surface area (Å²) in [5, 5.41) is 11.7. The normalized spacial score (nSPS) is 26.8. The summed E-state index contributed by atoms with van der Waals surface area (Å²) < 4.78 is 5.27. The second-order valence-electron chi connectivity index (χ2n) is 6.52. The lowest BCUT2D eigenvalue weighted by Crippen LogP contribution is -2.50. The van der Waals surface area contributed by atoms with Crippen LogP contribution < -0.4 is 11.1 Å². The van der Waals surface area contributed by atoms with Crippen molar-refractivity contribution in [2.45, 2.75) is 46.1 Å². The van der Waals surface area contributed by atoms with Gasteiger partial charge in [0.2, 0.25) is 5.91 Å². The van der Waals surface area contributed by atoms with Gasteiger partial charge in [0.1, 0.15) is 0 Å². The van der Waals surface area contributed by atoms with Gasteiger partial charge in [-0.1, -0.05) is 13.8 Å². The Morgan fingerprint density at radius 2 is 2.10 bits per heavy atom. The van der Waals surface area contributed by atoms with Gasteiger partial charge in [-0.25, -0.2) is 0 Å². The molecule has 1 saturated heterocycles. The van der Waals surface area contributed by atoms with Crippen molar-refractivity contribution in [2.24, 2.45) is 23.0 Å². The first-order chi connectivity index (χ1) is 9.77. The zero-order chi connectivity index (χ0) is 16.0. The van der Waals surface area contributed by atoms with Crippen LogP contribution in [0.15, 0.2) is 0 Å². The molecule has 1 aliphatic rings. The lowest BCUT2D eigenvalue weighted by Gasteiger charge is -2.26. The number of carboxylic acids is 1. The van der Waals surface area contributed by atoms with Crippen LogP contribution in [0.25, 0.3) is 0 Å². The number of carboxylic acid groups (broad SMARTS) is 1. The third-order valence-electron chi connectivity index (χ3n) is 4.51. The molecule has 6 heteroatoms. The standard InChI is InChI=1S/C15H28N2O4/c1-10(2)11(4-5-13(18)19)6-7-17-14(20)15(3)9-21-8-12(15)16/h10-12H,4-9,16H2,1-3H3,(H,17,20)(H,18,19). The molecule has 0 saturated carbocycles. The summed E-state index contributed by atoms with van der Waals surface area (Å²) >= 11 is 0. The first-order valence-electron chi connectivity index (χ1n) is 7.60. The molecular weight excluding hydrogens is 272 g/mol. The average molecular weight is 300 g/mol. The highest BCUT2D eigenvalue weighted by atomic mass is 16.5. The molecule has 0 aliphatic carbocycles. The highest BCUT2D eigenvalue weighted by Crippen LogP contribution is 2.27. The van der Waals surface area contributed by atoms with E-state index in [1.54, 1.807) is 0 Å². The number of hydrogen-bond donors (Lipinski definition) is 3. The van der Waals surface area contributed by atoms with E-state index in [2.05, 4.69) is 19.2 Å². The first-order valence-corrected chi connectivity index (χ1v) is 7.60. The molecule has 3 unspecified atom stereocenters. The lowest BCUT2D eigenvalue weighted by atomic mass is 9.84. The van der Waals surface area contributed by atoms with Crippen LogP contribution in [-0.4, -0.2) is 42.8 Å². The molecule has 1 aliphatic heterocycles. The Morgan fingerprint density at radius 3 is 2.57 bits per heavy atom. The summed E-state index contributed by atoms with van der Waals surface area (Å²) in [6.45, 7) is 7.30. The minimum absolute atomic E-state index is 0.0757. The number of nitrogens with two attached hydrogens (primary N) is 1. The quantitative estimate of drug-likeness (QED) is 0.620. The Labute approximate surface area is 126 Å². The van der Waals surface area contributed by atoms with Gasteiger partial charge in [0.05, 0.1) is 18.6 Å². The van der Waals surface area contributed by atoms with Gasteiger partial charge in [0.15, 0.2) is 0 Å². The molecule has 3 atom stereocenters. The van der Waals surface area contributed by atoms with Gasteiger partial charge in [-0.05, 0) is 31.6 Å². The van der Waals surface area contributed by atoms with E-state index in [0.29, 0.717) is 38.0 Å². The molecular formula is C15H28N2O4. The van der Waals surface area contributed by atoms with Crippen molar-refractivity contribution in [3.05, 3.63) is 0 Å². The highest BCUT2D eigenvalue weighted by molar-refractivity contribution is 5.83. The van der Waals surface area contributed by atoms with Crippen LogP contribution in [0.4, 0.5) is 0 Å². The molecule has 1 fully saturated rings. The van der Waals surface area contributed by atoms with Crippen molar-refractivity contribution in [1.29, 1.82) is 0 Å². The Balaban J connectivity index is 2.39. The van der Waals surface area contributed by atoms with Crippen LogP contribution in [-0.2, 0) is 14.3 Å². The molecule has 4 N–H and O–H groups in total. The number of nitrogens with one attached hydrogen (secondary N) is 1. The van der Waals surface area contributed by atoms with Gasteiger partial charge >= 0.3 is 5.97 Å². The summed E-state index contributed by atoms with van der Waals surface area (Å²) in [5.41, 5.74) is 5.27. The fraction of sp³-hybridized carbons (Fsp3) is 0.867. The fourth-order valence-electron chi connectivity index (χ4n) is 2.62. The number of rotatable bonds is 8. The molecule has 0 aromatic carbocycles. The number of carbonyl (C=O) groups excluding carboxylic acids is 1. The van der Waals surface area contributed by atoms with E-state index in [1.165, 1.54) is 0 Å². The Bertz CT molecular complexity index is 373. The monoisotopic (exact) mass is 300 g/mol. The second-order valence-corrected chi connectivity index (χ2v) is 6.52. The number of hydrogen-bond acceptors (Lipinski definition) is 4. The van der Waals surface area contributed by atoms with Crippen LogP contribution >= 0.6 is 0 Å². The molecule has 0 radical (unpaired) electrons. The molecule has 1 amide bonds. The van der Waals surface area contributed by atoms with E-state index in [4.69, 9.17) is 15.6 Å². The molecule has 1 heterocycles. The number of aliphatic carboxylic acids is 1. The minimum Gasteiger partial charge on any atom is -0.481 e. The number of amides is 1. The third-order valence-corrected chi connectivity index (χ3v) is 4.51. The van der Waals surface area contributed by atoms with Gasteiger partial charge < -0.3 is 20.9 Å². The average Bonchev–Trinajstić information content (AvgIpc) is 2.74. The van der Waals surface area contributed by atoms with Crippen molar-refractivity contribution in [2.75, 3.05) is 19.8 Å². The van der Waals surface area contributed by atoms with Crippen LogP contribution in [0.5, 0.6) is 0 Å². The van der Waals surface area contributed by atoms with E-state index in [0.717, 1.165) is 6.42 Å². The molecule has 0 spiro atoms. The topological polar surface area (TPSA) is 102 Å². The predicted molar refractivity (Wildman–Crippen MR) is 79.7 cm³/mol. The van der Waals surface area contributed by atoms with Gasteiger partial charge in [-0.3, -0.25) is 9.59 Å². The van der Waals surface area contributed by atoms with E-state index in [9.17, 15) is 9.59 Å². The second kappa shape index (κ2) is 7.75. The summed E-state index contributed by atoms with van der Waals surface area (Å²) in [6, 6.07) is -0.273. The lowest BCUT2D eigenvalue weighted by molar-refractivity contribution is -0.137. The first kappa shape index (κ1) is 17.9.